The van der Waals surface area contributed by atoms with Crippen molar-refractivity contribution >= 4 is 16.7 Å². The van der Waals surface area contributed by atoms with Gasteiger partial charge >= 0.3 is 0 Å². The Morgan fingerprint density at radius 2 is 2.31 bits per heavy atom. The second kappa shape index (κ2) is 6.98. The van der Waals surface area contributed by atoms with Crippen molar-refractivity contribution in [3.63, 3.8) is 0 Å². The van der Waals surface area contributed by atoms with Crippen LogP contribution in [0.3, 0.4) is 0 Å². The molecule has 1 aliphatic rings. The Kier molecular flexibility index (Phi) is 5.94. The molecule has 3 atom stereocenters. The second-order valence-electron chi connectivity index (χ2n) is 4.10. The van der Waals surface area contributed by atoms with Crippen LogP contribution in [0.4, 0.5) is 0 Å². The van der Waals surface area contributed by atoms with Crippen LogP contribution in [0.25, 0.3) is 0 Å². The van der Waals surface area contributed by atoms with Crippen molar-refractivity contribution in [1.29, 1.82) is 0 Å². The number of amides is 1. The van der Waals surface area contributed by atoms with Crippen LogP contribution in [0.1, 0.15) is 13.3 Å². The first-order valence-corrected chi connectivity index (χ1v) is 7.27. The Labute approximate surface area is 99.2 Å². The van der Waals surface area contributed by atoms with Crippen LogP contribution in [-0.4, -0.2) is 53.8 Å². The van der Waals surface area contributed by atoms with E-state index in [1.807, 2.05) is 6.92 Å². The predicted octanol–water partition coefficient (Wildman–Crippen LogP) is -1.18. The molecule has 0 saturated carbocycles. The lowest BCUT2D eigenvalue weighted by Gasteiger charge is -2.23. The molecule has 1 heterocycles. The molecular formula is C10H21N3O2S. The number of hydrogen-bond acceptors (Lipinski definition) is 4. The summed E-state index contributed by atoms with van der Waals surface area (Å²) in [6.45, 7) is 4.95. The van der Waals surface area contributed by atoms with Crippen molar-refractivity contribution in [3.8, 4) is 0 Å². The molecule has 5 nitrogen and oxygen atoms in total. The highest BCUT2D eigenvalue weighted by atomic mass is 32.2. The van der Waals surface area contributed by atoms with Crippen LogP contribution in [0.5, 0.6) is 0 Å². The van der Waals surface area contributed by atoms with Gasteiger partial charge in [0.1, 0.15) is 0 Å². The van der Waals surface area contributed by atoms with E-state index in [4.69, 9.17) is 0 Å². The molecule has 0 radical (unpaired) electrons. The maximum atomic E-state index is 11.7. The summed E-state index contributed by atoms with van der Waals surface area (Å²) < 4.78 is 11.1. The Morgan fingerprint density at radius 1 is 1.56 bits per heavy atom. The van der Waals surface area contributed by atoms with E-state index in [-0.39, 0.29) is 17.2 Å². The lowest BCUT2D eigenvalue weighted by Crippen LogP contribution is -2.55. The average molecular weight is 247 g/mol. The van der Waals surface area contributed by atoms with E-state index < -0.39 is 10.8 Å². The van der Waals surface area contributed by atoms with Crippen molar-refractivity contribution in [2.45, 2.75) is 24.6 Å². The Morgan fingerprint density at radius 3 is 2.88 bits per heavy atom. The van der Waals surface area contributed by atoms with Gasteiger partial charge in [0.05, 0.1) is 6.04 Å². The van der Waals surface area contributed by atoms with Gasteiger partial charge in [0.15, 0.2) is 0 Å². The molecule has 0 aromatic rings. The standard InChI is InChI=1S/C10H21N3O2S/c1-8(16(2)15)3-4-13-10(14)9-7-11-5-6-12-9/h8-9,11-12H,3-7H2,1-2H3,(H,13,14). The summed E-state index contributed by atoms with van der Waals surface area (Å²) in [6, 6.07) is -0.129. The van der Waals surface area contributed by atoms with E-state index in [1.54, 1.807) is 6.26 Å². The van der Waals surface area contributed by atoms with Gasteiger partial charge in [-0.05, 0) is 6.42 Å². The molecule has 6 heteroatoms. The first-order valence-electron chi connectivity index (χ1n) is 5.65. The molecule has 1 saturated heterocycles. The zero-order valence-corrected chi connectivity index (χ0v) is 10.7. The molecule has 1 rings (SSSR count). The quantitative estimate of drug-likeness (QED) is 0.572. The van der Waals surface area contributed by atoms with E-state index in [1.165, 1.54) is 0 Å². The third-order valence-electron chi connectivity index (χ3n) is 2.77. The minimum absolute atomic E-state index is 0.0290. The first kappa shape index (κ1) is 13.6. The van der Waals surface area contributed by atoms with E-state index in [0.29, 0.717) is 13.1 Å². The van der Waals surface area contributed by atoms with Gasteiger partial charge in [-0.2, -0.15) is 0 Å². The van der Waals surface area contributed by atoms with Crippen molar-refractivity contribution in [3.05, 3.63) is 0 Å². The minimum atomic E-state index is -0.809. The Bertz CT molecular complexity index is 254. The van der Waals surface area contributed by atoms with Crippen molar-refractivity contribution < 1.29 is 9.00 Å². The van der Waals surface area contributed by atoms with Crippen LogP contribution < -0.4 is 16.0 Å². The third kappa shape index (κ3) is 4.59. The van der Waals surface area contributed by atoms with Crippen LogP contribution in [0.15, 0.2) is 0 Å². The first-order chi connectivity index (χ1) is 7.61. The van der Waals surface area contributed by atoms with Crippen LogP contribution >= 0.6 is 0 Å². The summed E-state index contributed by atoms with van der Waals surface area (Å²) in [7, 11) is -0.809. The van der Waals surface area contributed by atoms with Gasteiger partial charge < -0.3 is 16.0 Å². The fourth-order valence-electron chi connectivity index (χ4n) is 1.53. The molecule has 1 aliphatic heterocycles. The molecule has 0 aromatic carbocycles. The summed E-state index contributed by atoms with van der Waals surface area (Å²) in [5, 5.41) is 9.31. The lowest BCUT2D eigenvalue weighted by atomic mass is 10.2. The topological polar surface area (TPSA) is 70.2 Å². The zero-order valence-electron chi connectivity index (χ0n) is 9.91. The van der Waals surface area contributed by atoms with Gasteiger partial charge in [0.2, 0.25) is 5.91 Å². The molecule has 0 spiro atoms. The second-order valence-corrected chi connectivity index (χ2v) is 5.90. The fraction of sp³-hybridized carbons (Fsp3) is 0.900. The van der Waals surface area contributed by atoms with Crippen LogP contribution in [0, 0.1) is 0 Å². The summed E-state index contributed by atoms with van der Waals surface area (Å²) in [6.07, 6.45) is 2.45. The van der Waals surface area contributed by atoms with Crippen LogP contribution in [0.2, 0.25) is 0 Å². The number of nitrogens with one attached hydrogen (secondary N) is 3. The number of piperazine rings is 1. The van der Waals surface area contributed by atoms with Gasteiger partial charge in [-0.25, -0.2) is 0 Å². The van der Waals surface area contributed by atoms with E-state index in [0.717, 1.165) is 19.5 Å². The third-order valence-corrected chi connectivity index (χ3v) is 4.14. The number of hydrogen-bond donors (Lipinski definition) is 3. The molecule has 1 amide bonds. The van der Waals surface area contributed by atoms with Gasteiger partial charge in [-0.15, -0.1) is 0 Å². The predicted molar refractivity (Wildman–Crippen MR) is 65.8 cm³/mol. The smallest absolute Gasteiger partial charge is 0.238 e. The normalized spacial score (nSPS) is 24.8. The van der Waals surface area contributed by atoms with Crippen molar-refractivity contribution in [2.75, 3.05) is 32.4 Å². The van der Waals surface area contributed by atoms with Crippen molar-refractivity contribution in [1.82, 2.24) is 16.0 Å². The molecule has 1 fully saturated rings. The number of carbonyl (C=O) groups excluding carboxylic acids is 1. The molecule has 94 valence electrons. The van der Waals surface area contributed by atoms with Gasteiger partial charge in [-0.1, -0.05) is 6.92 Å². The summed E-state index contributed by atoms with van der Waals surface area (Å²) in [4.78, 5) is 11.7. The fourth-order valence-corrected chi connectivity index (χ4v) is 1.98. The van der Waals surface area contributed by atoms with Gasteiger partial charge in [0, 0.05) is 48.5 Å². The van der Waals surface area contributed by atoms with E-state index >= 15 is 0 Å². The van der Waals surface area contributed by atoms with E-state index in [9.17, 15) is 9.00 Å². The molecular weight excluding hydrogens is 226 g/mol. The molecule has 0 aliphatic carbocycles. The lowest BCUT2D eigenvalue weighted by molar-refractivity contribution is -0.123. The maximum absolute atomic E-state index is 11.7. The molecule has 0 bridgehead atoms. The Hall–Kier alpha value is -0.460. The number of rotatable bonds is 5. The average Bonchev–Trinajstić information content (AvgIpc) is 2.29. The highest BCUT2D eigenvalue weighted by Gasteiger charge is 2.19. The molecule has 3 unspecified atom stereocenters. The van der Waals surface area contributed by atoms with Crippen molar-refractivity contribution in [2.24, 2.45) is 0 Å². The zero-order chi connectivity index (χ0) is 12.0. The highest BCUT2D eigenvalue weighted by Crippen LogP contribution is 1.97. The summed E-state index contributed by atoms with van der Waals surface area (Å²) in [5.74, 6) is 0.0290. The molecule has 16 heavy (non-hydrogen) atoms. The minimum Gasteiger partial charge on any atom is -0.355 e. The van der Waals surface area contributed by atoms with E-state index in [2.05, 4.69) is 16.0 Å². The largest absolute Gasteiger partial charge is 0.355 e. The SMILES string of the molecule is CC(CCNC(=O)C1CNCCN1)S(C)=O. The van der Waals surface area contributed by atoms with Crippen LogP contribution in [-0.2, 0) is 15.6 Å². The monoisotopic (exact) mass is 247 g/mol. The number of carbonyl (C=O) groups is 1. The summed E-state index contributed by atoms with van der Waals surface area (Å²) in [5.41, 5.74) is 0. The molecule has 0 aromatic heterocycles. The highest BCUT2D eigenvalue weighted by molar-refractivity contribution is 7.84. The van der Waals surface area contributed by atoms with Gasteiger partial charge in [-0.3, -0.25) is 9.00 Å². The maximum Gasteiger partial charge on any atom is 0.238 e. The molecule has 3 N–H and O–H groups in total. The summed E-state index contributed by atoms with van der Waals surface area (Å²) >= 11 is 0. The van der Waals surface area contributed by atoms with Gasteiger partial charge in [0.25, 0.3) is 0 Å². The Balaban J connectivity index is 2.16.